The Bertz CT molecular complexity index is 1100. The molecule has 5 nitrogen and oxygen atoms in total. The number of rotatable bonds is 11. The van der Waals surface area contributed by atoms with Crippen molar-refractivity contribution in [3.05, 3.63) is 144 Å². The summed E-state index contributed by atoms with van der Waals surface area (Å²) in [4.78, 5) is 10.1. The van der Waals surface area contributed by atoms with Gasteiger partial charge in [0.05, 0.1) is 18.8 Å². The molecule has 0 amide bonds. The van der Waals surface area contributed by atoms with Crippen LogP contribution in [0.3, 0.4) is 0 Å². The molecule has 0 fully saturated rings. The quantitative estimate of drug-likeness (QED) is 0.100. The molecule has 0 saturated carbocycles. The molecule has 7 heteroatoms. The smallest absolute Gasteiger partial charge is 0.302 e. The van der Waals surface area contributed by atoms with E-state index in [2.05, 4.69) is 41.7 Å². The summed E-state index contributed by atoms with van der Waals surface area (Å²) < 4.78 is 22.8. The fraction of sp³-hybridized carbons (Fsp3) is 0.143. The number of phosphoric acid groups is 1. The first-order valence-electron chi connectivity index (χ1n) is 11.2. The number of nitrogens with one attached hydrogen (secondary N) is 1. The van der Waals surface area contributed by atoms with Crippen molar-refractivity contribution in [1.82, 2.24) is 5.32 Å². The zero-order chi connectivity index (χ0) is 23.7. The summed E-state index contributed by atoms with van der Waals surface area (Å²) in [7, 11) is -4.20. The average molecular weight is 581 g/mol. The van der Waals surface area contributed by atoms with E-state index in [1.807, 2.05) is 84.9 Å². The predicted molar refractivity (Wildman–Crippen MR) is 134 cm³/mol. The van der Waals surface area contributed by atoms with Crippen LogP contribution in [0.4, 0.5) is 0 Å². The Kier molecular flexibility index (Phi) is 10.2. The van der Waals surface area contributed by atoms with Crippen LogP contribution in [0.15, 0.2) is 121 Å². The Hall–Kier alpha value is -2.31. The Morgan fingerprint density at radius 1 is 0.657 bits per heavy atom. The van der Waals surface area contributed by atoms with Crippen LogP contribution in [-0.4, -0.2) is 18.0 Å². The fourth-order valence-corrected chi connectivity index (χ4v) is 4.75. The summed E-state index contributed by atoms with van der Waals surface area (Å²) in [5.74, 6) is 0. The topological polar surface area (TPSA) is 67.8 Å². The zero-order valence-corrected chi connectivity index (χ0v) is 21.5. The minimum atomic E-state index is -4.20. The van der Waals surface area contributed by atoms with Crippen molar-refractivity contribution < 1.29 is 40.9 Å². The number of hydrogen-bond donors (Lipinski definition) is 2. The van der Waals surface area contributed by atoms with Crippen molar-refractivity contribution >= 4 is 7.82 Å². The molecule has 0 heterocycles. The normalized spacial score (nSPS) is 12.9. The predicted octanol–water partition coefficient (Wildman–Crippen LogP) is 5.90. The van der Waals surface area contributed by atoms with E-state index in [4.69, 9.17) is 9.05 Å². The van der Waals surface area contributed by atoms with Gasteiger partial charge in [-0.25, -0.2) is 4.57 Å². The second-order valence-electron chi connectivity index (χ2n) is 7.84. The molecule has 2 N–H and O–H groups in total. The minimum Gasteiger partial charge on any atom is -0.302 e. The van der Waals surface area contributed by atoms with Crippen LogP contribution in [0.2, 0.25) is 0 Å². The molecule has 0 aromatic heterocycles. The molecule has 1 unspecified atom stereocenters. The van der Waals surface area contributed by atoms with Crippen LogP contribution in [-0.2, 0) is 48.1 Å². The summed E-state index contributed by atoms with van der Waals surface area (Å²) in [5.41, 5.74) is 3.30. The van der Waals surface area contributed by atoms with Crippen LogP contribution in [0.25, 0.3) is 0 Å². The van der Waals surface area contributed by atoms with Gasteiger partial charge in [-0.3, -0.25) is 14.4 Å². The molecule has 1 atom stereocenters. The van der Waals surface area contributed by atoms with Gasteiger partial charge in [-0.05, 0) is 22.3 Å². The Morgan fingerprint density at radius 2 is 1.06 bits per heavy atom. The van der Waals surface area contributed by atoms with E-state index in [9.17, 15) is 9.46 Å². The molecule has 0 aliphatic heterocycles. The number of benzene rings is 4. The Balaban J connectivity index is 0.00000342. The third-order valence-corrected chi connectivity index (χ3v) is 6.57. The van der Waals surface area contributed by atoms with Crippen LogP contribution < -0.4 is 5.32 Å². The van der Waals surface area contributed by atoms with Gasteiger partial charge in [0.15, 0.2) is 0 Å². The van der Waals surface area contributed by atoms with Crippen LogP contribution in [0.1, 0.15) is 22.3 Å². The maximum atomic E-state index is 12.4. The van der Waals surface area contributed by atoms with Crippen LogP contribution in [0.5, 0.6) is 0 Å². The molecule has 4 aromatic rings. The molecule has 0 aliphatic rings. The van der Waals surface area contributed by atoms with Crippen molar-refractivity contribution in [2.45, 2.75) is 12.1 Å². The summed E-state index contributed by atoms with van der Waals surface area (Å²) >= 11 is 0. The van der Waals surface area contributed by atoms with Gasteiger partial charge < -0.3 is 4.89 Å². The van der Waals surface area contributed by atoms with E-state index in [0.29, 0.717) is 6.54 Å². The van der Waals surface area contributed by atoms with Gasteiger partial charge in [-0.1, -0.05) is 121 Å². The maximum absolute atomic E-state index is 12.4. The third kappa shape index (κ3) is 7.11. The van der Waals surface area contributed by atoms with Gasteiger partial charge in [0.25, 0.3) is 0 Å². The van der Waals surface area contributed by atoms with Crippen LogP contribution >= 0.6 is 7.82 Å². The van der Waals surface area contributed by atoms with E-state index < -0.39 is 13.4 Å². The van der Waals surface area contributed by atoms with E-state index in [0.717, 1.165) is 22.3 Å². The second-order valence-corrected chi connectivity index (χ2v) is 9.29. The summed E-state index contributed by atoms with van der Waals surface area (Å²) in [6.07, 6.45) is 0. The molecule has 185 valence electrons. The first-order chi connectivity index (χ1) is 16.6. The van der Waals surface area contributed by atoms with Crippen molar-refractivity contribution in [2.75, 3.05) is 13.2 Å². The molecule has 0 saturated heterocycles. The summed E-state index contributed by atoms with van der Waals surface area (Å²) in [6.45, 7) is 0.318. The fourth-order valence-electron chi connectivity index (χ4n) is 4.04. The minimum absolute atomic E-state index is 0. The number of hydrogen-bond acceptors (Lipinski definition) is 4. The van der Waals surface area contributed by atoms with Gasteiger partial charge in [-0.15, -0.1) is 0 Å². The largest absolute Gasteiger partial charge is 0.472 e. The first kappa shape index (κ1) is 27.3. The SMILES string of the molecule is O=P(O)(OCCNC(c1ccccc1)(c1ccccc1)c1ccccc1)OCc1ccccc1.[Ag]. The standard InChI is InChI=1S/C28H28NO4P.Ag/c30-34(31,33-23-24-13-5-1-6-14-24)32-22-21-29-28(25-15-7-2-8-16-25,26-17-9-3-10-18-26)27-19-11-4-12-20-27;/h1-20,29H,21-23H2,(H,30,31);. The molecule has 1 radical (unpaired) electrons. The second kappa shape index (κ2) is 13.1. The summed E-state index contributed by atoms with van der Waals surface area (Å²) in [5, 5.41) is 3.62. The molecule has 0 bridgehead atoms. The van der Waals surface area contributed by atoms with Crippen LogP contribution in [0, 0.1) is 0 Å². The van der Waals surface area contributed by atoms with Crippen molar-refractivity contribution in [2.24, 2.45) is 0 Å². The van der Waals surface area contributed by atoms with Gasteiger partial charge in [0, 0.05) is 28.9 Å². The van der Waals surface area contributed by atoms with Crippen molar-refractivity contribution in [1.29, 1.82) is 0 Å². The van der Waals surface area contributed by atoms with Gasteiger partial charge >= 0.3 is 7.82 Å². The average Bonchev–Trinajstić information content (AvgIpc) is 2.90. The van der Waals surface area contributed by atoms with Gasteiger partial charge in [0.1, 0.15) is 0 Å². The maximum Gasteiger partial charge on any atom is 0.472 e. The molecular weight excluding hydrogens is 553 g/mol. The zero-order valence-electron chi connectivity index (χ0n) is 19.1. The van der Waals surface area contributed by atoms with E-state index in [1.165, 1.54) is 0 Å². The molecule has 4 rings (SSSR count). The third-order valence-electron chi connectivity index (χ3n) is 5.60. The molecule has 35 heavy (non-hydrogen) atoms. The molecule has 0 spiro atoms. The van der Waals surface area contributed by atoms with Gasteiger partial charge in [0.2, 0.25) is 0 Å². The Labute approximate surface area is 222 Å². The van der Waals surface area contributed by atoms with E-state index in [1.54, 1.807) is 0 Å². The number of phosphoric ester groups is 1. The van der Waals surface area contributed by atoms with E-state index in [-0.39, 0.29) is 35.6 Å². The molecule has 0 aliphatic carbocycles. The monoisotopic (exact) mass is 580 g/mol. The van der Waals surface area contributed by atoms with Gasteiger partial charge in [-0.2, -0.15) is 0 Å². The molecule has 4 aromatic carbocycles. The summed E-state index contributed by atoms with van der Waals surface area (Å²) in [6, 6.07) is 39.7. The van der Waals surface area contributed by atoms with E-state index >= 15 is 0 Å². The first-order valence-corrected chi connectivity index (χ1v) is 12.7. The Morgan fingerprint density at radius 3 is 1.49 bits per heavy atom. The molecular formula is C28H28AgNO4P. The van der Waals surface area contributed by atoms with Crippen molar-refractivity contribution in [3.63, 3.8) is 0 Å². The van der Waals surface area contributed by atoms with Crippen molar-refractivity contribution in [3.8, 4) is 0 Å².